The van der Waals surface area contributed by atoms with Gasteiger partial charge in [0.15, 0.2) is 21.5 Å². The molecule has 1 atom stereocenters. The molecule has 0 amide bonds. The number of nitrogens with zero attached hydrogens (tertiary/aromatic N) is 1. The lowest BCUT2D eigenvalue weighted by atomic mass is 10.1. The maximum absolute atomic E-state index is 14.5. The summed E-state index contributed by atoms with van der Waals surface area (Å²) in [5.41, 5.74) is 1.49. The number of hydrogen-bond donors (Lipinski definition) is 1. The fourth-order valence-corrected chi connectivity index (χ4v) is 4.94. The zero-order valence-corrected chi connectivity index (χ0v) is 17.1. The van der Waals surface area contributed by atoms with Crippen molar-refractivity contribution in [2.45, 2.75) is 23.6 Å². The van der Waals surface area contributed by atoms with Gasteiger partial charge in [-0.25, -0.2) is 31.0 Å². The molecule has 2 aromatic carbocycles. The molecular weight excluding hydrogens is 452 g/mol. The summed E-state index contributed by atoms with van der Waals surface area (Å²) >= 11 is 7.29. The van der Waals surface area contributed by atoms with E-state index in [-0.39, 0.29) is 22.0 Å². The van der Waals surface area contributed by atoms with Gasteiger partial charge in [-0.05, 0) is 25.1 Å². The van der Waals surface area contributed by atoms with Gasteiger partial charge in [0.2, 0.25) is 0 Å². The molecule has 1 heterocycles. The first kappa shape index (κ1) is 21.5. The van der Waals surface area contributed by atoms with E-state index in [1.807, 2.05) is 0 Å². The van der Waals surface area contributed by atoms with Crippen molar-refractivity contribution in [3.63, 3.8) is 0 Å². The smallest absolute Gasteiger partial charge is 0.187 e. The second kappa shape index (κ2) is 8.29. The van der Waals surface area contributed by atoms with Gasteiger partial charge in [0.05, 0.1) is 33.7 Å². The van der Waals surface area contributed by atoms with Crippen molar-refractivity contribution in [1.29, 1.82) is 0 Å². The van der Waals surface area contributed by atoms with Crippen LogP contribution in [0, 0.1) is 23.3 Å². The third-order valence-corrected chi connectivity index (χ3v) is 6.66. The molecule has 1 N–H and O–H groups in total. The maximum Gasteiger partial charge on any atom is 0.187 e. The van der Waals surface area contributed by atoms with Crippen LogP contribution < -0.4 is 5.32 Å². The van der Waals surface area contributed by atoms with Crippen LogP contribution in [-0.2, 0) is 15.6 Å². The van der Waals surface area contributed by atoms with Crippen LogP contribution in [0.1, 0.15) is 24.2 Å². The monoisotopic (exact) mass is 464 g/mol. The van der Waals surface area contributed by atoms with Crippen molar-refractivity contribution < 1.29 is 26.0 Å². The van der Waals surface area contributed by atoms with Crippen LogP contribution in [0.2, 0.25) is 5.02 Å². The van der Waals surface area contributed by atoms with Crippen LogP contribution in [0.15, 0.2) is 40.1 Å². The van der Waals surface area contributed by atoms with Crippen LogP contribution >= 0.6 is 22.9 Å². The molecule has 3 rings (SSSR count). The highest BCUT2D eigenvalue weighted by Gasteiger charge is 2.24. The highest BCUT2D eigenvalue weighted by Crippen LogP contribution is 2.33. The van der Waals surface area contributed by atoms with Crippen molar-refractivity contribution in [1.82, 2.24) is 4.98 Å². The van der Waals surface area contributed by atoms with Gasteiger partial charge in [0, 0.05) is 17.0 Å². The van der Waals surface area contributed by atoms with Gasteiger partial charge >= 0.3 is 0 Å². The Kier molecular flexibility index (Phi) is 6.16. The molecule has 154 valence electrons. The van der Waals surface area contributed by atoms with E-state index in [9.17, 15) is 26.0 Å². The summed E-state index contributed by atoms with van der Waals surface area (Å²) in [6, 6.07) is 1.96. The lowest BCUT2D eigenvalue weighted by Crippen LogP contribution is -2.12. The first-order valence-corrected chi connectivity index (χ1v) is 11.1. The largest absolute Gasteiger partial charge is 0.377 e. The van der Waals surface area contributed by atoms with Gasteiger partial charge in [0.25, 0.3) is 0 Å². The molecule has 0 unspecified atom stereocenters. The van der Waals surface area contributed by atoms with Gasteiger partial charge in [-0.2, -0.15) is 0 Å². The Morgan fingerprint density at radius 1 is 1.07 bits per heavy atom. The van der Waals surface area contributed by atoms with Crippen LogP contribution in [0.3, 0.4) is 0 Å². The molecule has 0 fully saturated rings. The average molecular weight is 465 g/mol. The first-order chi connectivity index (χ1) is 13.6. The summed E-state index contributed by atoms with van der Waals surface area (Å²) in [4.78, 5) is 3.27. The number of anilines is 1. The molecule has 0 aliphatic heterocycles. The molecule has 11 heteroatoms. The molecule has 0 bridgehead atoms. The molecule has 4 nitrogen and oxygen atoms in total. The average Bonchev–Trinajstić information content (AvgIpc) is 3.13. The second-order valence-electron chi connectivity index (χ2n) is 6.16. The standard InChI is InChI=1S/C18H13ClF4N2O2S2/c1-9(11-2-14(21)15(22)4-13(11)20)25-17-5-16(23)18(3-12(17)19)29(26,27)7-10-6-28-8-24-10/h2-6,8-9,25H,7H2,1H3/t9-/m0/s1. The van der Waals surface area contributed by atoms with E-state index in [0.717, 1.165) is 12.1 Å². The Labute approximate surface area is 173 Å². The normalized spacial score (nSPS) is 12.8. The summed E-state index contributed by atoms with van der Waals surface area (Å²) in [6.45, 7) is 1.43. The number of hydrogen-bond acceptors (Lipinski definition) is 5. The molecular formula is C18H13ClF4N2O2S2. The van der Waals surface area contributed by atoms with Crippen molar-refractivity contribution in [2.24, 2.45) is 0 Å². The highest BCUT2D eigenvalue weighted by atomic mass is 35.5. The minimum Gasteiger partial charge on any atom is -0.377 e. The zero-order chi connectivity index (χ0) is 21.3. The van der Waals surface area contributed by atoms with E-state index < -0.39 is 49.8 Å². The maximum atomic E-state index is 14.5. The molecule has 1 aromatic heterocycles. The topological polar surface area (TPSA) is 59.1 Å². The summed E-state index contributed by atoms with van der Waals surface area (Å²) in [5, 5.41) is 4.06. The van der Waals surface area contributed by atoms with Crippen LogP contribution in [0.4, 0.5) is 23.2 Å². The van der Waals surface area contributed by atoms with Crippen LogP contribution in [0.25, 0.3) is 0 Å². The lowest BCUT2D eigenvalue weighted by Gasteiger charge is -2.18. The summed E-state index contributed by atoms with van der Waals surface area (Å²) in [6.07, 6.45) is 0. The molecule has 0 aliphatic rings. The summed E-state index contributed by atoms with van der Waals surface area (Å²) in [7, 11) is -4.05. The van der Waals surface area contributed by atoms with Gasteiger partial charge in [-0.3, -0.25) is 0 Å². The van der Waals surface area contributed by atoms with E-state index in [2.05, 4.69) is 10.3 Å². The fourth-order valence-electron chi connectivity index (χ4n) is 2.64. The third kappa shape index (κ3) is 4.71. The van der Waals surface area contributed by atoms with Crippen molar-refractivity contribution >= 4 is 38.5 Å². The molecule has 0 saturated carbocycles. The minimum absolute atomic E-state index is 0.0339. The number of benzene rings is 2. The van der Waals surface area contributed by atoms with Crippen molar-refractivity contribution in [2.75, 3.05) is 5.32 Å². The SMILES string of the molecule is C[C@H](Nc1cc(F)c(S(=O)(=O)Cc2cscn2)cc1Cl)c1cc(F)c(F)cc1F. The quantitative estimate of drug-likeness (QED) is 0.386. The number of halogens is 5. The molecule has 0 saturated heterocycles. The summed E-state index contributed by atoms with van der Waals surface area (Å²) in [5.74, 6) is -5.13. The lowest BCUT2D eigenvalue weighted by molar-refractivity contribution is 0.488. The van der Waals surface area contributed by atoms with Crippen LogP contribution in [0.5, 0.6) is 0 Å². The Bertz CT molecular complexity index is 1160. The third-order valence-electron chi connectivity index (χ3n) is 4.06. The molecule has 3 aromatic rings. The van der Waals surface area contributed by atoms with Gasteiger partial charge in [-0.1, -0.05) is 11.6 Å². The Balaban J connectivity index is 1.89. The zero-order valence-electron chi connectivity index (χ0n) is 14.7. The van der Waals surface area contributed by atoms with Gasteiger partial charge in [-0.15, -0.1) is 11.3 Å². The predicted molar refractivity (Wildman–Crippen MR) is 103 cm³/mol. The number of nitrogens with one attached hydrogen (secondary N) is 1. The van der Waals surface area contributed by atoms with E-state index >= 15 is 0 Å². The van der Waals surface area contributed by atoms with Crippen molar-refractivity contribution in [3.05, 3.63) is 74.7 Å². The Hall–Kier alpha value is -2.17. The van der Waals surface area contributed by atoms with E-state index in [1.54, 1.807) is 0 Å². The second-order valence-corrected chi connectivity index (χ2v) is 9.24. The first-order valence-electron chi connectivity index (χ1n) is 8.08. The minimum atomic E-state index is -4.05. The summed E-state index contributed by atoms with van der Waals surface area (Å²) < 4.78 is 79.9. The molecule has 0 spiro atoms. The molecule has 0 aliphatic carbocycles. The van der Waals surface area contributed by atoms with E-state index in [1.165, 1.54) is 29.2 Å². The number of thiazole rings is 1. The molecule has 0 radical (unpaired) electrons. The van der Waals surface area contributed by atoms with Gasteiger partial charge < -0.3 is 5.32 Å². The number of sulfone groups is 1. The highest BCUT2D eigenvalue weighted by molar-refractivity contribution is 7.90. The van der Waals surface area contributed by atoms with Gasteiger partial charge in [0.1, 0.15) is 16.5 Å². The Morgan fingerprint density at radius 3 is 2.41 bits per heavy atom. The molecule has 29 heavy (non-hydrogen) atoms. The fraction of sp³-hybridized carbons (Fsp3) is 0.167. The van der Waals surface area contributed by atoms with E-state index in [4.69, 9.17) is 11.6 Å². The van der Waals surface area contributed by atoms with E-state index in [0.29, 0.717) is 12.1 Å². The van der Waals surface area contributed by atoms with Crippen LogP contribution in [-0.4, -0.2) is 13.4 Å². The number of aromatic nitrogens is 1. The number of rotatable bonds is 6. The predicted octanol–water partition coefficient (Wildman–Crippen LogP) is 5.50. The Morgan fingerprint density at radius 2 is 1.76 bits per heavy atom. The van der Waals surface area contributed by atoms with Crippen molar-refractivity contribution in [3.8, 4) is 0 Å².